The van der Waals surface area contributed by atoms with Gasteiger partial charge in [0.1, 0.15) is 12.3 Å². The first-order valence-electron chi connectivity index (χ1n) is 7.48. The largest absolute Gasteiger partial charge is 0.485 e. The Bertz CT molecular complexity index is 909. The number of ether oxygens (including phenoxy) is 2. The second kappa shape index (κ2) is 6.16. The quantitative estimate of drug-likeness (QED) is 0.749. The van der Waals surface area contributed by atoms with E-state index in [2.05, 4.69) is 26.2 Å². The number of hydrogen-bond acceptors (Lipinski definition) is 4. The second-order valence-electron chi connectivity index (χ2n) is 5.43. The predicted octanol–water partition coefficient (Wildman–Crippen LogP) is 2.55. The zero-order chi connectivity index (χ0) is 16.5. The van der Waals surface area contributed by atoms with Gasteiger partial charge in [0.15, 0.2) is 11.5 Å². The van der Waals surface area contributed by atoms with E-state index in [-0.39, 0.29) is 12.5 Å². The average molecular weight is 388 g/mol. The van der Waals surface area contributed by atoms with Crippen LogP contribution in [0.2, 0.25) is 0 Å². The minimum atomic E-state index is -0.661. The van der Waals surface area contributed by atoms with Crippen LogP contribution in [0.15, 0.2) is 53.3 Å². The SMILES string of the molecule is O=C(NCc1cn2cc(Br)ccc2n1)C1COc2ccccc2O1. The number of aromatic nitrogens is 2. The summed E-state index contributed by atoms with van der Waals surface area (Å²) in [6, 6.07) is 11.1. The lowest BCUT2D eigenvalue weighted by Crippen LogP contribution is -2.43. The highest BCUT2D eigenvalue weighted by Gasteiger charge is 2.27. The number of fused-ring (bicyclic) bond motifs is 2. The highest BCUT2D eigenvalue weighted by molar-refractivity contribution is 9.10. The van der Waals surface area contributed by atoms with Gasteiger partial charge in [0.05, 0.1) is 12.2 Å². The molecule has 7 heteroatoms. The lowest BCUT2D eigenvalue weighted by Gasteiger charge is -2.25. The summed E-state index contributed by atoms with van der Waals surface area (Å²) in [5.74, 6) is 1.02. The van der Waals surface area contributed by atoms with Crippen LogP contribution in [0.3, 0.4) is 0 Å². The monoisotopic (exact) mass is 387 g/mol. The fourth-order valence-electron chi connectivity index (χ4n) is 2.54. The van der Waals surface area contributed by atoms with Crippen LogP contribution in [-0.4, -0.2) is 28.0 Å². The molecule has 1 amide bonds. The van der Waals surface area contributed by atoms with Gasteiger partial charge in [0.25, 0.3) is 5.91 Å². The van der Waals surface area contributed by atoms with Crippen LogP contribution in [0.5, 0.6) is 11.5 Å². The molecular weight excluding hydrogens is 374 g/mol. The Morgan fingerprint density at radius 1 is 1.25 bits per heavy atom. The van der Waals surface area contributed by atoms with Gasteiger partial charge in [-0.15, -0.1) is 0 Å². The molecule has 0 saturated carbocycles. The Kier molecular flexibility index (Phi) is 3.86. The van der Waals surface area contributed by atoms with Crippen LogP contribution >= 0.6 is 15.9 Å². The molecule has 6 nitrogen and oxygen atoms in total. The number of halogens is 1. The van der Waals surface area contributed by atoms with Crippen molar-refractivity contribution in [3.63, 3.8) is 0 Å². The molecule has 1 aliphatic rings. The first-order chi connectivity index (χ1) is 11.7. The van der Waals surface area contributed by atoms with E-state index in [9.17, 15) is 4.79 Å². The van der Waals surface area contributed by atoms with Crippen molar-refractivity contribution >= 4 is 27.5 Å². The molecule has 1 unspecified atom stereocenters. The zero-order valence-electron chi connectivity index (χ0n) is 12.6. The number of nitrogens with zero attached hydrogens (tertiary/aromatic N) is 2. The van der Waals surface area contributed by atoms with Crippen molar-refractivity contribution < 1.29 is 14.3 Å². The van der Waals surface area contributed by atoms with Crippen molar-refractivity contribution in [2.24, 2.45) is 0 Å². The third-order valence-corrected chi connectivity index (χ3v) is 4.18. The number of rotatable bonds is 3. The summed E-state index contributed by atoms with van der Waals surface area (Å²) in [6.45, 7) is 0.528. The molecule has 1 aliphatic heterocycles. The fourth-order valence-corrected chi connectivity index (χ4v) is 2.90. The van der Waals surface area contributed by atoms with Crippen LogP contribution in [-0.2, 0) is 11.3 Å². The Labute approximate surface area is 146 Å². The van der Waals surface area contributed by atoms with Gasteiger partial charge in [-0.1, -0.05) is 12.1 Å². The second-order valence-corrected chi connectivity index (χ2v) is 6.34. The lowest BCUT2D eigenvalue weighted by atomic mass is 10.2. The van der Waals surface area contributed by atoms with Crippen molar-refractivity contribution in [2.75, 3.05) is 6.61 Å². The van der Waals surface area contributed by atoms with Crippen molar-refractivity contribution in [1.82, 2.24) is 14.7 Å². The third-order valence-electron chi connectivity index (χ3n) is 3.71. The molecule has 0 fully saturated rings. The Balaban J connectivity index is 1.41. The van der Waals surface area contributed by atoms with E-state index in [0.717, 1.165) is 15.8 Å². The molecule has 0 radical (unpaired) electrons. The molecule has 3 heterocycles. The summed E-state index contributed by atoms with van der Waals surface area (Å²) in [5, 5.41) is 2.84. The van der Waals surface area contributed by atoms with E-state index in [4.69, 9.17) is 9.47 Å². The first kappa shape index (κ1) is 15.0. The highest BCUT2D eigenvalue weighted by atomic mass is 79.9. The van der Waals surface area contributed by atoms with Crippen LogP contribution in [0.25, 0.3) is 5.65 Å². The van der Waals surface area contributed by atoms with Crippen molar-refractivity contribution in [3.8, 4) is 11.5 Å². The van der Waals surface area contributed by atoms with Gasteiger partial charge in [0, 0.05) is 16.9 Å². The highest BCUT2D eigenvalue weighted by Crippen LogP contribution is 2.30. The lowest BCUT2D eigenvalue weighted by molar-refractivity contribution is -0.130. The van der Waals surface area contributed by atoms with Crippen molar-refractivity contribution in [1.29, 1.82) is 0 Å². The van der Waals surface area contributed by atoms with Crippen LogP contribution in [0, 0.1) is 0 Å². The number of imidazole rings is 1. The topological polar surface area (TPSA) is 64.9 Å². The number of carbonyl (C=O) groups excluding carboxylic acids is 1. The van der Waals surface area contributed by atoms with Crippen molar-refractivity contribution in [2.45, 2.75) is 12.6 Å². The number of carbonyl (C=O) groups is 1. The Morgan fingerprint density at radius 2 is 2.08 bits per heavy atom. The van der Waals surface area contributed by atoms with Crippen LogP contribution in [0.4, 0.5) is 0 Å². The molecule has 1 N–H and O–H groups in total. The normalized spacial score (nSPS) is 16.1. The summed E-state index contributed by atoms with van der Waals surface area (Å²) in [7, 11) is 0. The zero-order valence-corrected chi connectivity index (χ0v) is 14.2. The number of pyridine rings is 1. The summed E-state index contributed by atoms with van der Waals surface area (Å²) >= 11 is 3.42. The summed E-state index contributed by atoms with van der Waals surface area (Å²) in [4.78, 5) is 16.8. The van der Waals surface area contributed by atoms with Gasteiger partial charge in [-0.25, -0.2) is 4.98 Å². The maximum atomic E-state index is 12.3. The molecular formula is C17H14BrN3O3. The number of para-hydroxylation sites is 2. The number of amides is 1. The number of benzene rings is 1. The maximum Gasteiger partial charge on any atom is 0.265 e. The van der Waals surface area contributed by atoms with E-state index in [1.165, 1.54) is 0 Å². The van der Waals surface area contributed by atoms with Crippen LogP contribution in [0.1, 0.15) is 5.69 Å². The summed E-state index contributed by atoms with van der Waals surface area (Å²) in [6.07, 6.45) is 3.14. The van der Waals surface area contributed by atoms with E-state index in [0.29, 0.717) is 18.0 Å². The molecule has 1 aromatic carbocycles. The predicted molar refractivity (Wildman–Crippen MR) is 91.1 cm³/mol. The first-order valence-corrected chi connectivity index (χ1v) is 8.28. The average Bonchev–Trinajstić information content (AvgIpc) is 3.01. The van der Waals surface area contributed by atoms with Gasteiger partial charge in [-0.3, -0.25) is 4.79 Å². The molecule has 2 aromatic heterocycles. The third kappa shape index (κ3) is 2.94. The standard InChI is InChI=1S/C17H14BrN3O3/c18-11-5-6-16-20-12(9-21(16)8-11)7-19-17(22)15-10-23-13-3-1-2-4-14(13)24-15/h1-6,8-9,15H,7,10H2,(H,19,22). The maximum absolute atomic E-state index is 12.3. The van der Waals surface area contributed by atoms with E-state index in [1.807, 2.05) is 47.1 Å². The molecule has 24 heavy (non-hydrogen) atoms. The minimum absolute atomic E-state index is 0.195. The summed E-state index contributed by atoms with van der Waals surface area (Å²) < 4.78 is 14.1. The number of hydrogen-bond donors (Lipinski definition) is 1. The van der Waals surface area contributed by atoms with Crippen molar-refractivity contribution in [3.05, 3.63) is 59.0 Å². The Morgan fingerprint density at radius 3 is 2.96 bits per heavy atom. The smallest absolute Gasteiger partial charge is 0.265 e. The molecule has 122 valence electrons. The van der Waals surface area contributed by atoms with E-state index >= 15 is 0 Å². The molecule has 1 atom stereocenters. The van der Waals surface area contributed by atoms with E-state index in [1.54, 1.807) is 6.07 Å². The molecule has 3 aromatic rings. The minimum Gasteiger partial charge on any atom is -0.485 e. The molecule has 0 saturated heterocycles. The summed E-state index contributed by atoms with van der Waals surface area (Å²) in [5.41, 5.74) is 1.60. The molecule has 0 bridgehead atoms. The Hall–Kier alpha value is -2.54. The van der Waals surface area contributed by atoms with Gasteiger partial charge in [-0.2, -0.15) is 0 Å². The van der Waals surface area contributed by atoms with Crippen LogP contribution < -0.4 is 14.8 Å². The van der Waals surface area contributed by atoms with Gasteiger partial charge in [-0.05, 0) is 40.2 Å². The molecule has 0 spiro atoms. The van der Waals surface area contributed by atoms with E-state index < -0.39 is 6.10 Å². The number of nitrogens with one attached hydrogen (secondary N) is 1. The van der Waals surface area contributed by atoms with Gasteiger partial charge >= 0.3 is 0 Å². The van der Waals surface area contributed by atoms with Gasteiger partial charge in [0.2, 0.25) is 6.10 Å². The molecule has 4 rings (SSSR count). The fraction of sp³-hybridized carbons (Fsp3) is 0.176. The van der Waals surface area contributed by atoms with Gasteiger partial charge < -0.3 is 19.2 Å². The molecule has 0 aliphatic carbocycles.